The molecular formula is C15H18F7NO2S. The second-order valence-corrected chi connectivity index (χ2v) is 6.86. The van der Waals surface area contributed by atoms with Gasteiger partial charge in [0.15, 0.2) is 0 Å². The van der Waals surface area contributed by atoms with Crippen LogP contribution in [0.1, 0.15) is 41.5 Å². The zero-order valence-corrected chi connectivity index (χ0v) is 14.5. The van der Waals surface area contributed by atoms with E-state index in [0.717, 1.165) is 16.2 Å². The van der Waals surface area contributed by atoms with Crippen molar-refractivity contribution in [3.63, 3.8) is 0 Å². The van der Waals surface area contributed by atoms with Crippen LogP contribution in [0.3, 0.4) is 0 Å². The number of esters is 1. The van der Waals surface area contributed by atoms with Gasteiger partial charge < -0.3 is 10.5 Å². The van der Waals surface area contributed by atoms with Gasteiger partial charge in [-0.3, -0.25) is 4.79 Å². The van der Waals surface area contributed by atoms with Crippen LogP contribution in [0.4, 0.5) is 30.7 Å². The molecule has 1 aromatic rings. The van der Waals surface area contributed by atoms with Crippen molar-refractivity contribution in [3.05, 3.63) is 21.9 Å². The fourth-order valence-corrected chi connectivity index (χ4v) is 3.17. The number of ether oxygens (including phenoxy) is 1. The number of nitrogens with two attached hydrogens (primary N) is 1. The third-order valence-corrected chi connectivity index (χ3v) is 4.94. The van der Waals surface area contributed by atoms with Gasteiger partial charge in [0, 0.05) is 28.6 Å². The molecule has 0 amide bonds. The van der Waals surface area contributed by atoms with Crippen molar-refractivity contribution >= 4 is 17.3 Å². The molecule has 0 bridgehead atoms. The highest BCUT2D eigenvalue weighted by Crippen LogP contribution is 2.49. The number of alkyl halides is 7. The molecule has 1 aromatic heterocycles. The summed E-state index contributed by atoms with van der Waals surface area (Å²) >= 11 is 1.13. The van der Waals surface area contributed by atoms with Crippen LogP contribution in [-0.4, -0.2) is 31.1 Å². The molecule has 3 nitrogen and oxygen atoms in total. The minimum Gasteiger partial charge on any atom is -0.469 e. The van der Waals surface area contributed by atoms with Gasteiger partial charge in [0.05, 0.1) is 7.11 Å². The Morgan fingerprint density at radius 1 is 1.19 bits per heavy atom. The lowest BCUT2D eigenvalue weighted by Crippen LogP contribution is -2.52. The van der Waals surface area contributed by atoms with E-state index in [9.17, 15) is 35.5 Å². The summed E-state index contributed by atoms with van der Waals surface area (Å²) in [5.41, 5.74) is 5.64. The number of hydrogen-bond acceptors (Lipinski definition) is 4. The Labute approximate surface area is 149 Å². The van der Waals surface area contributed by atoms with Gasteiger partial charge in [-0.2, -0.15) is 30.7 Å². The Hall–Kier alpha value is -1.36. The predicted molar refractivity (Wildman–Crippen MR) is 81.4 cm³/mol. The maximum absolute atomic E-state index is 13.3. The van der Waals surface area contributed by atoms with Crippen molar-refractivity contribution in [3.8, 4) is 0 Å². The van der Waals surface area contributed by atoms with Crippen molar-refractivity contribution < 1.29 is 40.3 Å². The Bertz CT molecular complexity index is 601. The first-order chi connectivity index (χ1) is 11.8. The first-order valence-corrected chi connectivity index (χ1v) is 8.37. The molecule has 1 rings (SSSR count). The summed E-state index contributed by atoms with van der Waals surface area (Å²) in [6, 6.07) is 2.05. The number of hydrogen-bond donors (Lipinski definition) is 1. The largest absolute Gasteiger partial charge is 0.469 e. The van der Waals surface area contributed by atoms with Crippen molar-refractivity contribution in [2.45, 2.75) is 56.2 Å². The summed E-state index contributed by atoms with van der Waals surface area (Å²) < 4.78 is 93.0. The summed E-state index contributed by atoms with van der Waals surface area (Å²) in [6.45, 7) is 0. The average molecular weight is 409 g/mol. The van der Waals surface area contributed by atoms with Gasteiger partial charge in [0.25, 0.3) is 0 Å². The molecule has 26 heavy (non-hydrogen) atoms. The second-order valence-electron chi connectivity index (χ2n) is 5.66. The van der Waals surface area contributed by atoms with Crippen molar-refractivity contribution in [2.24, 2.45) is 5.73 Å². The number of rotatable bonds is 9. The number of methoxy groups -OCH3 is 1. The van der Waals surface area contributed by atoms with E-state index in [4.69, 9.17) is 5.73 Å². The summed E-state index contributed by atoms with van der Waals surface area (Å²) in [4.78, 5) is 12.2. The van der Waals surface area contributed by atoms with Gasteiger partial charge >= 0.3 is 24.0 Å². The molecule has 2 N–H and O–H groups in total. The van der Waals surface area contributed by atoms with E-state index < -0.39 is 36.9 Å². The van der Waals surface area contributed by atoms with E-state index in [1.54, 1.807) is 6.07 Å². The van der Waals surface area contributed by atoms with Crippen LogP contribution in [-0.2, 0) is 16.0 Å². The van der Waals surface area contributed by atoms with Crippen LogP contribution in [0.5, 0.6) is 0 Å². The van der Waals surface area contributed by atoms with Crippen LogP contribution in [0.2, 0.25) is 0 Å². The molecule has 0 spiro atoms. The first kappa shape index (κ1) is 22.7. The maximum atomic E-state index is 13.3. The standard InChI is InChI=1S/C15H18F7NO2S/c1-25-12(24)4-2-3-9-5-6-11(26-9)10(23)7-8-13(16,17)14(18,19)15(20,21)22/h5-6,10H,2-4,7-8,23H2,1H3. The van der Waals surface area contributed by atoms with Crippen LogP contribution >= 0.6 is 11.3 Å². The van der Waals surface area contributed by atoms with E-state index in [0.29, 0.717) is 17.7 Å². The number of thiophene rings is 1. The van der Waals surface area contributed by atoms with Gasteiger partial charge in [0.1, 0.15) is 0 Å². The Kier molecular flexibility index (Phi) is 7.46. The fraction of sp³-hybridized carbons (Fsp3) is 0.667. The molecule has 0 radical (unpaired) electrons. The van der Waals surface area contributed by atoms with Crippen molar-refractivity contribution in [1.29, 1.82) is 0 Å². The van der Waals surface area contributed by atoms with Gasteiger partial charge in [0.2, 0.25) is 0 Å². The molecule has 0 aromatic carbocycles. The monoisotopic (exact) mass is 409 g/mol. The summed E-state index contributed by atoms with van der Waals surface area (Å²) in [5, 5.41) is 0. The molecule has 1 heterocycles. The molecule has 0 aliphatic heterocycles. The molecule has 0 saturated heterocycles. The fourth-order valence-electron chi connectivity index (χ4n) is 2.08. The number of halogens is 7. The minimum absolute atomic E-state index is 0.189. The Balaban J connectivity index is 2.61. The predicted octanol–water partition coefficient (Wildman–Crippen LogP) is 4.86. The Morgan fingerprint density at radius 2 is 1.81 bits per heavy atom. The van der Waals surface area contributed by atoms with Gasteiger partial charge in [-0.05, 0) is 31.4 Å². The lowest BCUT2D eigenvalue weighted by Gasteiger charge is -2.28. The van der Waals surface area contributed by atoms with Crippen LogP contribution in [0.25, 0.3) is 0 Å². The van der Waals surface area contributed by atoms with Crippen molar-refractivity contribution in [2.75, 3.05) is 7.11 Å². The molecule has 0 saturated carbocycles. The van der Waals surface area contributed by atoms with E-state index in [1.807, 2.05) is 0 Å². The van der Waals surface area contributed by atoms with Gasteiger partial charge in [-0.25, -0.2) is 0 Å². The van der Waals surface area contributed by atoms with E-state index in [1.165, 1.54) is 13.2 Å². The van der Waals surface area contributed by atoms with E-state index >= 15 is 0 Å². The van der Waals surface area contributed by atoms with Crippen molar-refractivity contribution in [1.82, 2.24) is 0 Å². The normalized spacial score (nSPS) is 14.3. The molecular weight excluding hydrogens is 391 g/mol. The maximum Gasteiger partial charge on any atom is 0.459 e. The summed E-state index contributed by atoms with van der Waals surface area (Å²) in [7, 11) is 1.25. The van der Waals surface area contributed by atoms with Gasteiger partial charge in [-0.1, -0.05) is 0 Å². The summed E-state index contributed by atoms with van der Waals surface area (Å²) in [6.07, 6.45) is -7.60. The molecule has 11 heteroatoms. The van der Waals surface area contributed by atoms with Crippen LogP contribution in [0.15, 0.2) is 12.1 Å². The molecule has 1 unspecified atom stereocenters. The molecule has 0 aliphatic rings. The van der Waals surface area contributed by atoms with E-state index in [-0.39, 0.29) is 12.4 Å². The van der Waals surface area contributed by atoms with E-state index in [2.05, 4.69) is 4.74 Å². The number of carbonyl (C=O) groups excluding carboxylic acids is 1. The molecule has 0 fully saturated rings. The molecule has 150 valence electrons. The zero-order chi connectivity index (χ0) is 20.2. The smallest absolute Gasteiger partial charge is 0.459 e. The highest BCUT2D eigenvalue weighted by molar-refractivity contribution is 7.12. The van der Waals surface area contributed by atoms with Gasteiger partial charge in [-0.15, -0.1) is 11.3 Å². The molecule has 1 atom stereocenters. The quantitative estimate of drug-likeness (QED) is 0.468. The third kappa shape index (κ3) is 5.57. The van der Waals surface area contributed by atoms with Crippen LogP contribution in [0, 0.1) is 0 Å². The average Bonchev–Trinajstić information content (AvgIpc) is 3.00. The minimum atomic E-state index is -6.34. The lowest BCUT2D eigenvalue weighted by molar-refractivity contribution is -0.355. The topological polar surface area (TPSA) is 52.3 Å². The lowest BCUT2D eigenvalue weighted by atomic mass is 10.0. The summed E-state index contributed by atoms with van der Waals surface area (Å²) in [5.74, 6) is -11.7. The highest BCUT2D eigenvalue weighted by atomic mass is 32.1. The highest BCUT2D eigenvalue weighted by Gasteiger charge is 2.72. The first-order valence-electron chi connectivity index (χ1n) is 7.55. The molecule has 0 aliphatic carbocycles. The number of carbonyl (C=O) groups is 1. The Morgan fingerprint density at radius 3 is 2.35 bits per heavy atom. The number of aryl methyl sites for hydroxylation is 1. The SMILES string of the molecule is COC(=O)CCCc1ccc(C(N)CCC(F)(F)C(F)(F)C(F)(F)F)s1. The van der Waals surface area contributed by atoms with Crippen LogP contribution < -0.4 is 5.73 Å². The second kappa shape index (κ2) is 8.55. The third-order valence-electron chi connectivity index (χ3n) is 3.66. The zero-order valence-electron chi connectivity index (χ0n) is 13.7.